The van der Waals surface area contributed by atoms with Gasteiger partial charge in [-0.2, -0.15) is 0 Å². The van der Waals surface area contributed by atoms with Crippen molar-refractivity contribution in [2.75, 3.05) is 5.32 Å². The van der Waals surface area contributed by atoms with Crippen LogP contribution >= 0.6 is 11.3 Å². The fourth-order valence-electron chi connectivity index (χ4n) is 4.41. The second kappa shape index (κ2) is 8.75. The molecule has 2 heterocycles. The highest BCUT2D eigenvalue weighted by Crippen LogP contribution is 2.37. The van der Waals surface area contributed by atoms with E-state index in [0.29, 0.717) is 24.4 Å². The van der Waals surface area contributed by atoms with Crippen molar-refractivity contribution >= 4 is 34.2 Å². The number of aryl methyl sites for hydroxylation is 1. The molecule has 3 atom stereocenters. The minimum atomic E-state index is -0.823. The van der Waals surface area contributed by atoms with Crippen LogP contribution in [-0.2, 0) is 14.4 Å². The molecule has 1 aromatic carbocycles. The first-order valence-electron chi connectivity index (χ1n) is 10.7. The molecule has 6 nitrogen and oxygen atoms in total. The largest absolute Gasteiger partial charge is 0.300 e. The SMILES string of the molecule is Cc1ccccc1-c1csc(NC(=O)C(CC(C)C)N2C(=O)C3CC=CCC3C2=O)n1. The second-order valence-corrected chi connectivity index (χ2v) is 9.55. The number of anilines is 1. The lowest BCUT2D eigenvalue weighted by Gasteiger charge is -2.27. The Morgan fingerprint density at radius 1 is 1.16 bits per heavy atom. The highest BCUT2D eigenvalue weighted by molar-refractivity contribution is 7.14. The lowest BCUT2D eigenvalue weighted by molar-refractivity contribution is -0.147. The summed E-state index contributed by atoms with van der Waals surface area (Å²) in [5.41, 5.74) is 2.91. The second-order valence-electron chi connectivity index (χ2n) is 8.69. The Bertz CT molecular complexity index is 1020. The highest BCUT2D eigenvalue weighted by atomic mass is 32.1. The molecule has 1 N–H and O–H groups in total. The normalized spacial score (nSPS) is 21.5. The number of allylic oxidation sites excluding steroid dienone is 2. The Hall–Kier alpha value is -2.80. The zero-order chi connectivity index (χ0) is 22.1. The van der Waals surface area contributed by atoms with E-state index in [9.17, 15) is 14.4 Å². The summed E-state index contributed by atoms with van der Waals surface area (Å²) in [5.74, 6) is -1.33. The summed E-state index contributed by atoms with van der Waals surface area (Å²) in [6.45, 7) is 5.99. The number of thiazole rings is 1. The maximum atomic E-state index is 13.2. The summed E-state index contributed by atoms with van der Waals surface area (Å²) in [7, 11) is 0. The van der Waals surface area contributed by atoms with Crippen LogP contribution in [-0.4, -0.2) is 33.6 Å². The van der Waals surface area contributed by atoms with Gasteiger partial charge in [0, 0.05) is 10.9 Å². The highest BCUT2D eigenvalue weighted by Gasteiger charge is 2.51. The van der Waals surface area contributed by atoms with Gasteiger partial charge in [-0.15, -0.1) is 11.3 Å². The summed E-state index contributed by atoms with van der Waals surface area (Å²) in [6, 6.07) is 7.12. The maximum absolute atomic E-state index is 13.2. The molecule has 1 saturated heterocycles. The standard InChI is InChI=1S/C24H27N3O3S/c1-14(2)12-20(27-22(29)17-10-6-7-11-18(17)23(27)30)21(28)26-24-25-19(13-31-24)16-9-5-4-8-15(16)3/h4-9,13-14,17-18,20H,10-12H2,1-3H3,(H,25,26,28). The van der Waals surface area contributed by atoms with Gasteiger partial charge in [0.1, 0.15) is 6.04 Å². The van der Waals surface area contributed by atoms with Crippen LogP contribution < -0.4 is 5.32 Å². The fraction of sp³-hybridized carbons (Fsp3) is 0.417. The smallest absolute Gasteiger partial charge is 0.249 e. The van der Waals surface area contributed by atoms with Crippen LogP contribution in [0.15, 0.2) is 41.8 Å². The van der Waals surface area contributed by atoms with Gasteiger partial charge in [0.2, 0.25) is 17.7 Å². The summed E-state index contributed by atoms with van der Waals surface area (Å²) in [5, 5.41) is 5.24. The lowest BCUT2D eigenvalue weighted by atomic mass is 9.85. The zero-order valence-corrected chi connectivity index (χ0v) is 18.8. The van der Waals surface area contributed by atoms with Crippen LogP contribution in [0.1, 0.15) is 38.7 Å². The Morgan fingerprint density at radius 3 is 2.42 bits per heavy atom. The van der Waals surface area contributed by atoms with Crippen LogP contribution in [0.25, 0.3) is 11.3 Å². The van der Waals surface area contributed by atoms with Gasteiger partial charge in [-0.3, -0.25) is 19.3 Å². The van der Waals surface area contributed by atoms with Crippen molar-refractivity contribution in [2.45, 2.75) is 46.1 Å². The van der Waals surface area contributed by atoms with E-state index in [4.69, 9.17) is 0 Å². The third kappa shape index (κ3) is 4.19. The van der Waals surface area contributed by atoms with Crippen LogP contribution in [0.5, 0.6) is 0 Å². The molecule has 1 aromatic heterocycles. The topological polar surface area (TPSA) is 79.4 Å². The van der Waals surface area contributed by atoms with Crippen molar-refractivity contribution in [1.29, 1.82) is 0 Å². The molecule has 3 unspecified atom stereocenters. The number of hydrogen-bond donors (Lipinski definition) is 1. The van der Waals surface area contributed by atoms with E-state index in [2.05, 4.69) is 10.3 Å². The number of likely N-dealkylation sites (tertiary alicyclic amines) is 1. The van der Waals surface area contributed by atoms with Gasteiger partial charge >= 0.3 is 0 Å². The summed E-state index contributed by atoms with van der Waals surface area (Å²) in [6.07, 6.45) is 5.46. The van der Waals surface area contributed by atoms with Crippen LogP contribution in [0.3, 0.4) is 0 Å². The molecule has 0 radical (unpaired) electrons. The van der Waals surface area contributed by atoms with Crippen molar-refractivity contribution in [2.24, 2.45) is 17.8 Å². The molecule has 0 saturated carbocycles. The van der Waals surface area contributed by atoms with E-state index >= 15 is 0 Å². The number of amides is 3. The number of fused-ring (bicyclic) bond motifs is 1. The van der Waals surface area contributed by atoms with Crippen molar-refractivity contribution in [3.05, 3.63) is 47.4 Å². The average molecular weight is 438 g/mol. The number of nitrogens with zero attached hydrogens (tertiary/aromatic N) is 2. The van der Waals surface area contributed by atoms with Gasteiger partial charge in [-0.1, -0.05) is 50.3 Å². The van der Waals surface area contributed by atoms with Crippen molar-refractivity contribution in [1.82, 2.24) is 9.88 Å². The van der Waals surface area contributed by atoms with E-state index in [0.717, 1.165) is 16.8 Å². The number of imide groups is 1. The minimum Gasteiger partial charge on any atom is -0.300 e. The van der Waals surface area contributed by atoms with Gasteiger partial charge in [0.25, 0.3) is 0 Å². The molecule has 1 fully saturated rings. The van der Waals surface area contributed by atoms with E-state index in [1.54, 1.807) is 0 Å². The zero-order valence-electron chi connectivity index (χ0n) is 18.0. The van der Waals surface area contributed by atoms with E-state index in [1.165, 1.54) is 16.2 Å². The molecular weight excluding hydrogens is 410 g/mol. The molecule has 0 spiro atoms. The molecule has 4 rings (SSSR count). The summed E-state index contributed by atoms with van der Waals surface area (Å²) in [4.78, 5) is 45.1. The van der Waals surface area contributed by atoms with E-state index in [1.807, 2.05) is 62.6 Å². The molecule has 2 aliphatic rings. The number of aromatic nitrogens is 1. The number of carbonyl (C=O) groups excluding carboxylic acids is 3. The van der Waals surface area contributed by atoms with Crippen molar-refractivity contribution < 1.29 is 14.4 Å². The fourth-order valence-corrected chi connectivity index (χ4v) is 5.13. The van der Waals surface area contributed by atoms with Gasteiger partial charge in [0.15, 0.2) is 5.13 Å². The molecule has 2 aromatic rings. The van der Waals surface area contributed by atoms with Crippen molar-refractivity contribution in [3.8, 4) is 11.3 Å². The molecule has 31 heavy (non-hydrogen) atoms. The number of carbonyl (C=O) groups is 3. The number of rotatable bonds is 6. The first-order chi connectivity index (χ1) is 14.9. The molecule has 0 bridgehead atoms. The Kier molecular flexibility index (Phi) is 6.05. The Labute approximate surface area is 186 Å². The van der Waals surface area contributed by atoms with Crippen LogP contribution in [0, 0.1) is 24.7 Å². The third-order valence-electron chi connectivity index (χ3n) is 6.01. The quantitative estimate of drug-likeness (QED) is 0.536. The Morgan fingerprint density at radius 2 is 1.81 bits per heavy atom. The van der Waals surface area contributed by atoms with E-state index < -0.39 is 6.04 Å². The van der Waals surface area contributed by atoms with Crippen molar-refractivity contribution in [3.63, 3.8) is 0 Å². The lowest BCUT2D eigenvalue weighted by Crippen LogP contribution is -2.48. The third-order valence-corrected chi connectivity index (χ3v) is 6.76. The predicted octanol–water partition coefficient (Wildman–Crippen LogP) is 4.42. The molecule has 3 amide bonds. The number of hydrogen-bond acceptors (Lipinski definition) is 5. The molecule has 7 heteroatoms. The monoisotopic (exact) mass is 437 g/mol. The first-order valence-corrected chi connectivity index (χ1v) is 11.6. The minimum absolute atomic E-state index is 0.149. The molecule has 1 aliphatic carbocycles. The molecule has 1 aliphatic heterocycles. The number of nitrogens with one attached hydrogen (secondary N) is 1. The maximum Gasteiger partial charge on any atom is 0.249 e. The van der Waals surface area contributed by atoms with E-state index in [-0.39, 0.29) is 35.5 Å². The predicted molar refractivity (Wildman–Crippen MR) is 121 cm³/mol. The average Bonchev–Trinajstić information content (AvgIpc) is 3.30. The van der Waals surface area contributed by atoms with Gasteiger partial charge in [-0.25, -0.2) is 4.98 Å². The molecule has 162 valence electrons. The summed E-state index contributed by atoms with van der Waals surface area (Å²) >= 11 is 1.34. The Balaban J connectivity index is 1.55. The molecular formula is C24H27N3O3S. The van der Waals surface area contributed by atoms with Crippen LogP contribution in [0.4, 0.5) is 5.13 Å². The summed E-state index contributed by atoms with van der Waals surface area (Å²) < 4.78 is 0. The number of benzene rings is 1. The van der Waals surface area contributed by atoms with Gasteiger partial charge < -0.3 is 5.32 Å². The first kappa shape index (κ1) is 21.4. The van der Waals surface area contributed by atoms with Gasteiger partial charge in [-0.05, 0) is 37.7 Å². The van der Waals surface area contributed by atoms with Crippen LogP contribution in [0.2, 0.25) is 0 Å². The van der Waals surface area contributed by atoms with Gasteiger partial charge in [0.05, 0.1) is 17.5 Å².